The van der Waals surface area contributed by atoms with E-state index >= 15 is 0 Å². The van der Waals surface area contributed by atoms with Gasteiger partial charge < -0.3 is 4.74 Å². The van der Waals surface area contributed by atoms with E-state index in [0.29, 0.717) is 17.4 Å². The summed E-state index contributed by atoms with van der Waals surface area (Å²) >= 11 is -2.45. The van der Waals surface area contributed by atoms with Gasteiger partial charge in [-0.05, 0) is 39.2 Å². The first kappa shape index (κ1) is 17.2. The number of amides is 1. The zero-order valence-corrected chi connectivity index (χ0v) is 14.5. The largest absolute Gasteiger partial charge is 0.489 e. The zero-order valence-electron chi connectivity index (χ0n) is 13.7. The monoisotopic (exact) mass is 354 g/mol. The van der Waals surface area contributed by atoms with Gasteiger partial charge in [0.1, 0.15) is 17.4 Å². The Morgan fingerprint density at radius 2 is 2.08 bits per heavy atom. The standard InChI is InChI=1S/C16H22N2O5S/c1-16(2,15(19)17-20)18(24(21)22)10-7-8-12-11-5-3-4-6-13(11)23-14(12)9-10/h7-9,11,13,20H,3-6H2,1-2H3,(H,17,19)(H,21,22). The van der Waals surface area contributed by atoms with Crippen LogP contribution in [0.25, 0.3) is 0 Å². The van der Waals surface area contributed by atoms with Crippen LogP contribution in [0.5, 0.6) is 5.75 Å². The molecule has 3 unspecified atom stereocenters. The van der Waals surface area contributed by atoms with Gasteiger partial charge in [0.05, 0.1) is 5.69 Å². The molecule has 0 bridgehead atoms. The van der Waals surface area contributed by atoms with Crippen LogP contribution in [0.4, 0.5) is 5.69 Å². The lowest BCUT2D eigenvalue weighted by Gasteiger charge is -2.34. The molecule has 1 amide bonds. The van der Waals surface area contributed by atoms with Gasteiger partial charge in [0.15, 0.2) is 0 Å². The van der Waals surface area contributed by atoms with Gasteiger partial charge in [0, 0.05) is 17.5 Å². The molecule has 1 saturated carbocycles. The van der Waals surface area contributed by atoms with Crippen LogP contribution in [0.2, 0.25) is 0 Å². The van der Waals surface area contributed by atoms with E-state index in [2.05, 4.69) is 0 Å². The molecular weight excluding hydrogens is 332 g/mol. The third kappa shape index (κ3) is 2.78. The molecule has 2 aliphatic rings. The molecule has 7 nitrogen and oxygen atoms in total. The first-order chi connectivity index (χ1) is 11.4. The lowest BCUT2D eigenvalue weighted by Crippen LogP contribution is -2.55. The van der Waals surface area contributed by atoms with Gasteiger partial charge in [-0.1, -0.05) is 12.5 Å². The average Bonchev–Trinajstić information content (AvgIpc) is 2.91. The van der Waals surface area contributed by atoms with Crippen LogP contribution in [0, 0.1) is 0 Å². The number of carbonyl (C=O) groups excluding carboxylic acids is 1. The molecule has 1 aliphatic heterocycles. The Hall–Kier alpha value is -1.64. The topological polar surface area (TPSA) is 99.1 Å². The van der Waals surface area contributed by atoms with Crippen molar-refractivity contribution < 1.29 is 23.5 Å². The highest BCUT2D eigenvalue weighted by Gasteiger charge is 2.41. The number of nitrogens with zero attached hydrogens (tertiary/aromatic N) is 1. The maximum absolute atomic E-state index is 11.9. The number of hydrogen-bond donors (Lipinski definition) is 3. The SMILES string of the molecule is CC(C)(C(=O)NO)N(c1ccc2c(c1)OC1CCCCC21)S(=O)O. The highest BCUT2D eigenvalue weighted by Crippen LogP contribution is 2.47. The van der Waals surface area contributed by atoms with Crippen molar-refractivity contribution in [3.05, 3.63) is 23.8 Å². The number of rotatable bonds is 4. The lowest BCUT2D eigenvalue weighted by molar-refractivity contribution is -0.133. The molecule has 0 saturated heterocycles. The fourth-order valence-electron chi connectivity index (χ4n) is 3.65. The van der Waals surface area contributed by atoms with E-state index in [9.17, 15) is 13.6 Å². The number of fused-ring (bicyclic) bond motifs is 3. The van der Waals surface area contributed by atoms with Crippen LogP contribution in [-0.4, -0.2) is 31.5 Å². The van der Waals surface area contributed by atoms with Crippen LogP contribution in [0.3, 0.4) is 0 Å². The average molecular weight is 354 g/mol. The number of hydroxylamine groups is 1. The number of carbonyl (C=O) groups is 1. The maximum atomic E-state index is 11.9. The summed E-state index contributed by atoms with van der Waals surface area (Å²) in [6, 6.07) is 5.33. The molecule has 1 heterocycles. The van der Waals surface area contributed by atoms with Crippen molar-refractivity contribution in [1.29, 1.82) is 0 Å². The Balaban J connectivity index is 1.97. The quantitative estimate of drug-likeness (QED) is 0.438. The predicted molar refractivity (Wildman–Crippen MR) is 89.3 cm³/mol. The summed E-state index contributed by atoms with van der Waals surface area (Å²) in [4.78, 5) is 11.9. The Bertz CT molecular complexity index is 678. The van der Waals surface area contributed by atoms with Crippen molar-refractivity contribution >= 4 is 22.9 Å². The van der Waals surface area contributed by atoms with E-state index in [-0.39, 0.29) is 6.10 Å². The van der Waals surface area contributed by atoms with E-state index < -0.39 is 22.7 Å². The van der Waals surface area contributed by atoms with E-state index in [4.69, 9.17) is 9.94 Å². The Labute approximate surface area is 143 Å². The number of ether oxygens (including phenoxy) is 1. The molecule has 0 radical (unpaired) electrons. The second kappa shape index (κ2) is 6.34. The van der Waals surface area contributed by atoms with Crippen LogP contribution < -0.4 is 14.5 Å². The van der Waals surface area contributed by atoms with Crippen LogP contribution >= 0.6 is 0 Å². The second-order valence-electron chi connectivity index (χ2n) is 6.79. The maximum Gasteiger partial charge on any atom is 0.269 e. The van der Waals surface area contributed by atoms with Crippen molar-refractivity contribution in [2.75, 3.05) is 4.31 Å². The number of hydrogen-bond acceptors (Lipinski definition) is 4. The summed E-state index contributed by atoms with van der Waals surface area (Å²) in [5.41, 5.74) is 1.64. The predicted octanol–water partition coefficient (Wildman–Crippen LogP) is 2.33. The van der Waals surface area contributed by atoms with Gasteiger partial charge in [0.2, 0.25) is 0 Å². The lowest BCUT2D eigenvalue weighted by atomic mass is 9.83. The third-order valence-corrected chi connectivity index (χ3v) is 5.91. The summed E-state index contributed by atoms with van der Waals surface area (Å²) in [5, 5.41) is 8.91. The molecule has 3 rings (SSSR count). The molecule has 0 aromatic heterocycles. The van der Waals surface area contributed by atoms with Gasteiger partial charge in [-0.3, -0.25) is 18.9 Å². The summed E-state index contributed by atoms with van der Waals surface area (Å²) in [6.45, 7) is 2.92. The van der Waals surface area contributed by atoms with Crippen molar-refractivity contribution in [3.8, 4) is 5.75 Å². The Morgan fingerprint density at radius 3 is 2.75 bits per heavy atom. The second-order valence-corrected chi connectivity index (χ2v) is 7.62. The van der Waals surface area contributed by atoms with Gasteiger partial charge >= 0.3 is 0 Å². The van der Waals surface area contributed by atoms with Crippen molar-refractivity contribution in [2.45, 2.75) is 57.1 Å². The van der Waals surface area contributed by atoms with Crippen molar-refractivity contribution in [1.82, 2.24) is 5.48 Å². The molecule has 1 aromatic carbocycles. The normalized spacial score (nSPS) is 23.7. The van der Waals surface area contributed by atoms with Gasteiger partial charge in [-0.2, -0.15) is 0 Å². The fourth-order valence-corrected chi connectivity index (χ4v) is 4.42. The van der Waals surface area contributed by atoms with Crippen LogP contribution in [-0.2, 0) is 16.1 Å². The Kier molecular flexibility index (Phi) is 4.54. The van der Waals surface area contributed by atoms with Gasteiger partial charge in [-0.15, -0.1) is 0 Å². The Morgan fingerprint density at radius 1 is 1.38 bits per heavy atom. The summed E-state index contributed by atoms with van der Waals surface area (Å²) in [5.74, 6) is 0.310. The summed E-state index contributed by atoms with van der Waals surface area (Å²) in [6.07, 6.45) is 4.61. The molecule has 3 atom stereocenters. The first-order valence-corrected chi connectivity index (χ1v) is 9.09. The van der Waals surface area contributed by atoms with E-state index in [0.717, 1.165) is 29.1 Å². The van der Waals surface area contributed by atoms with Crippen molar-refractivity contribution in [2.24, 2.45) is 0 Å². The minimum absolute atomic E-state index is 0.172. The molecule has 132 valence electrons. The minimum atomic E-state index is -2.45. The molecule has 24 heavy (non-hydrogen) atoms. The summed E-state index contributed by atoms with van der Waals surface area (Å²) < 4.78 is 28.6. The number of anilines is 1. The molecule has 1 aromatic rings. The van der Waals surface area contributed by atoms with Crippen LogP contribution in [0.1, 0.15) is 51.0 Å². The van der Waals surface area contributed by atoms with Crippen LogP contribution in [0.15, 0.2) is 18.2 Å². The molecule has 3 N–H and O–H groups in total. The van der Waals surface area contributed by atoms with E-state index in [1.165, 1.54) is 20.3 Å². The number of nitrogens with one attached hydrogen (secondary N) is 1. The van der Waals surface area contributed by atoms with Gasteiger partial charge in [0.25, 0.3) is 17.2 Å². The highest BCUT2D eigenvalue weighted by molar-refractivity contribution is 7.80. The summed E-state index contributed by atoms with van der Waals surface area (Å²) in [7, 11) is 0. The van der Waals surface area contributed by atoms with E-state index in [1.807, 2.05) is 6.07 Å². The highest BCUT2D eigenvalue weighted by atomic mass is 32.2. The van der Waals surface area contributed by atoms with E-state index in [1.54, 1.807) is 17.6 Å². The smallest absolute Gasteiger partial charge is 0.269 e. The molecule has 1 fully saturated rings. The first-order valence-electron chi connectivity index (χ1n) is 8.02. The number of benzene rings is 1. The molecule has 1 aliphatic carbocycles. The zero-order chi connectivity index (χ0) is 17.5. The molecular formula is C16H22N2O5S. The molecule has 0 spiro atoms. The minimum Gasteiger partial charge on any atom is -0.489 e. The fraction of sp³-hybridized carbons (Fsp3) is 0.562. The van der Waals surface area contributed by atoms with Gasteiger partial charge in [-0.25, -0.2) is 9.69 Å². The van der Waals surface area contributed by atoms with Crippen molar-refractivity contribution in [3.63, 3.8) is 0 Å². The molecule has 8 heteroatoms. The third-order valence-electron chi connectivity index (χ3n) is 4.93.